The molecule has 766 valence electrons. The highest BCUT2D eigenvalue weighted by Crippen LogP contribution is 2.43. The molecule has 12 aromatic rings. The Morgan fingerprint density at radius 1 is 0.257 bits per heavy atom. The highest BCUT2D eigenvalue weighted by molar-refractivity contribution is 5.82. The van der Waals surface area contributed by atoms with Crippen LogP contribution < -0.4 is 65.1 Å². The lowest BCUT2D eigenvalue weighted by atomic mass is 9.96. The summed E-state index contributed by atoms with van der Waals surface area (Å²) >= 11 is 0. The molecule has 1 aliphatic rings. The number of nitrogens with one attached hydrogen (secondary N) is 6. The molecule has 1 fully saturated rings. The van der Waals surface area contributed by atoms with Gasteiger partial charge in [-0.15, -0.1) is 0 Å². The van der Waals surface area contributed by atoms with Crippen molar-refractivity contribution in [1.29, 1.82) is 0 Å². The molecular formula is C118H138F6N6O14. The molecule has 0 heterocycles. The van der Waals surface area contributed by atoms with Crippen molar-refractivity contribution in [2.24, 2.45) is 0 Å². The van der Waals surface area contributed by atoms with Crippen molar-refractivity contribution in [1.82, 2.24) is 31.9 Å². The molecule has 6 amide bonds. The van der Waals surface area contributed by atoms with Crippen LogP contribution >= 0.6 is 0 Å². The molecule has 1 saturated carbocycles. The molecule has 13 rings (SSSR count). The summed E-state index contributed by atoms with van der Waals surface area (Å²) in [5.41, 5.74) is 26.7. The number of ether oxygens (including phenoxy) is 7. The first-order valence-corrected chi connectivity index (χ1v) is 48.1. The van der Waals surface area contributed by atoms with Crippen LogP contribution in [0.2, 0.25) is 0 Å². The van der Waals surface area contributed by atoms with Crippen LogP contribution in [-0.2, 0) is 120 Å². The van der Waals surface area contributed by atoms with Gasteiger partial charge in [-0.05, 0) is 364 Å². The Morgan fingerprint density at radius 2 is 0.472 bits per heavy atom. The van der Waals surface area contributed by atoms with E-state index in [-0.39, 0.29) is 165 Å². The molecule has 144 heavy (non-hydrogen) atoms. The zero-order chi connectivity index (χ0) is 106. The molecule has 26 heteroatoms. The third-order valence-electron chi connectivity index (χ3n) is 25.5. The van der Waals surface area contributed by atoms with Gasteiger partial charge in [-0.25, -0.2) is 26.3 Å². The number of hydrogen-bond acceptors (Lipinski definition) is 14. The summed E-state index contributed by atoms with van der Waals surface area (Å²) in [6, 6.07) is 53.4. The van der Waals surface area contributed by atoms with Gasteiger partial charge in [0.2, 0.25) is 35.4 Å². The number of aryl methyl sites for hydroxylation is 15. The topological polar surface area (TPSA) is 259 Å². The molecular weight excluding hydrogens is 1840 g/mol. The Morgan fingerprint density at radius 3 is 0.743 bits per heavy atom. The van der Waals surface area contributed by atoms with Crippen LogP contribution in [0.3, 0.4) is 0 Å². The summed E-state index contributed by atoms with van der Waals surface area (Å²) in [5, 5.41) is 25.2. The van der Waals surface area contributed by atoms with Gasteiger partial charge in [0, 0.05) is 47.8 Å². The van der Waals surface area contributed by atoms with Gasteiger partial charge >= 0.3 is 0 Å². The number of benzene rings is 12. The van der Waals surface area contributed by atoms with Gasteiger partial charge in [-0.1, -0.05) is 110 Å². The van der Waals surface area contributed by atoms with Crippen LogP contribution in [0.1, 0.15) is 194 Å². The minimum atomic E-state index is -0.424. The van der Waals surface area contributed by atoms with E-state index in [0.717, 1.165) is 164 Å². The normalized spacial score (nSPS) is 11.0. The van der Waals surface area contributed by atoms with E-state index in [9.17, 15) is 60.2 Å². The maximum absolute atomic E-state index is 14.2. The molecule has 0 atom stereocenters. The van der Waals surface area contributed by atoms with E-state index in [1.165, 1.54) is 42.0 Å². The van der Waals surface area contributed by atoms with Crippen LogP contribution in [0.15, 0.2) is 182 Å². The molecule has 0 unspecified atom stereocenters. The summed E-state index contributed by atoms with van der Waals surface area (Å²) < 4.78 is 124. The summed E-state index contributed by atoms with van der Waals surface area (Å²) in [5.74, 6) is -0.189. The lowest BCUT2D eigenvalue weighted by Crippen LogP contribution is -2.21. The van der Waals surface area contributed by atoms with Crippen molar-refractivity contribution in [3.8, 4) is 40.2 Å². The molecule has 0 spiro atoms. The van der Waals surface area contributed by atoms with Crippen molar-refractivity contribution in [2.75, 3.05) is 48.9 Å². The van der Waals surface area contributed by atoms with Crippen molar-refractivity contribution in [2.45, 2.75) is 221 Å². The SMILES string of the molecule is CCOc1cccc(CC(=O)NC)c1COc1cc(C)c(C)cc1F.CCc1cccc(CC(=O)NC)c1COc1cc(C)c(C)cc1F.CNC(=O)Cc1cccc(C)c1COc1cc(C)c(C)cc1F.CNC(=O)Cc1cccc(C)c1COc1cc(C)c(C)cc1F.CNC(=O)Cc1cccc(C2CC2)c1COc1cc(C)c(C)cc1F.CNC(=O)Cc1cccc(CO)c1COc1cc(C)c(C)cc1F. The maximum Gasteiger partial charge on any atom is 0.224 e. The predicted octanol–water partition coefficient (Wildman–Crippen LogP) is 21.8. The Kier molecular flexibility index (Phi) is 45.0. The van der Waals surface area contributed by atoms with Gasteiger partial charge in [0.1, 0.15) is 45.4 Å². The van der Waals surface area contributed by atoms with Crippen molar-refractivity contribution in [3.05, 3.63) is 378 Å². The van der Waals surface area contributed by atoms with Gasteiger partial charge < -0.3 is 70.2 Å². The zero-order valence-corrected chi connectivity index (χ0v) is 86.9. The fourth-order valence-corrected chi connectivity index (χ4v) is 15.5. The highest BCUT2D eigenvalue weighted by Gasteiger charge is 2.29. The first-order valence-electron chi connectivity index (χ1n) is 48.1. The predicted molar refractivity (Wildman–Crippen MR) is 554 cm³/mol. The van der Waals surface area contributed by atoms with Crippen molar-refractivity contribution < 1.29 is 93.4 Å². The smallest absolute Gasteiger partial charge is 0.224 e. The van der Waals surface area contributed by atoms with E-state index in [4.69, 9.17) is 33.2 Å². The standard InChI is InChI=1S/C21H24FNO2.C20H24FNO3.C20H24FNO2.C19H22FNO3.2C19H22FNO2/c1-13-9-19(22)20(10-14(13)2)25-12-18-16(11-21(24)23-3)5-4-6-17(18)15-7-8-15;1-5-24-18-8-6-7-15(11-20(23)22-4)16(18)12-25-19-10-14(3)13(2)9-17(19)21;1-5-15-7-6-8-16(11-20(23)22-4)17(15)12-24-19-10-14(3)13(2)9-18(19)21;1-12-7-17(20)18(8-13(12)2)24-11-16-14(9-19(23)21-3)5-4-6-15(16)10-22;2*1-12-6-5-7-15(10-19(22)21-4)16(12)11-23-18-9-14(3)13(2)8-17(18)20/h4-6,9-10,15H,7-8,11-12H2,1-3H3,(H,23,24);6-10H,5,11-12H2,1-4H3,(H,22,23);6-10H,5,11-12H2,1-4H3,(H,22,23);4-8,22H,9-11H2,1-3H3,(H,21,23);2*5-9H,10-11H2,1-4H3,(H,21,22). The van der Waals surface area contributed by atoms with Gasteiger partial charge in [-0.3, -0.25) is 28.8 Å². The van der Waals surface area contributed by atoms with Crippen LogP contribution in [0.5, 0.6) is 40.2 Å². The number of amides is 6. The number of halogens is 6. The minimum absolute atomic E-state index is 0.0356. The van der Waals surface area contributed by atoms with Crippen molar-refractivity contribution >= 4 is 35.4 Å². The molecule has 0 aromatic heterocycles. The first kappa shape index (κ1) is 115. The second kappa shape index (κ2) is 56.4. The van der Waals surface area contributed by atoms with Crippen LogP contribution in [0.25, 0.3) is 0 Å². The van der Waals surface area contributed by atoms with E-state index < -0.39 is 11.6 Å². The van der Waals surface area contributed by atoms with E-state index in [1.54, 1.807) is 90.8 Å². The van der Waals surface area contributed by atoms with Gasteiger partial charge in [-0.2, -0.15) is 0 Å². The molecule has 0 saturated heterocycles. The van der Waals surface area contributed by atoms with Crippen molar-refractivity contribution in [3.63, 3.8) is 0 Å². The summed E-state index contributed by atoms with van der Waals surface area (Å²) in [6.07, 6.45) is 4.71. The molecule has 7 N–H and O–H groups in total. The number of likely N-dealkylation sites (N-methyl/N-ethyl adjacent to an activating group) is 6. The van der Waals surface area contributed by atoms with Gasteiger partial charge in [0.25, 0.3) is 0 Å². The summed E-state index contributed by atoms with van der Waals surface area (Å²) in [4.78, 5) is 70.3. The number of aliphatic hydroxyl groups is 1. The average Bonchev–Trinajstić information content (AvgIpc) is 1.64. The third kappa shape index (κ3) is 33.9. The summed E-state index contributed by atoms with van der Waals surface area (Å²) in [6.45, 7) is 32.1. The first-order chi connectivity index (χ1) is 68.7. The van der Waals surface area contributed by atoms with E-state index in [1.807, 2.05) is 195 Å². The highest BCUT2D eigenvalue weighted by atomic mass is 19.1. The zero-order valence-electron chi connectivity index (χ0n) is 86.9. The van der Waals surface area contributed by atoms with E-state index in [0.29, 0.717) is 42.2 Å². The Labute approximate surface area is 844 Å². The maximum atomic E-state index is 14.2. The molecule has 20 nitrogen and oxygen atoms in total. The van der Waals surface area contributed by atoms with Gasteiger partial charge in [0.15, 0.2) is 69.4 Å². The number of carbonyl (C=O) groups excluding carboxylic acids is 6. The number of rotatable bonds is 35. The van der Waals surface area contributed by atoms with Crippen LogP contribution in [0.4, 0.5) is 26.3 Å². The van der Waals surface area contributed by atoms with E-state index in [2.05, 4.69) is 44.9 Å². The number of carbonyl (C=O) groups is 6. The lowest BCUT2D eigenvalue weighted by Gasteiger charge is -2.16. The quantitative estimate of drug-likeness (QED) is 0.0182. The Bertz CT molecular complexity index is 6220. The molecule has 0 bridgehead atoms. The second-order valence-corrected chi connectivity index (χ2v) is 35.7. The molecule has 0 radical (unpaired) electrons. The molecule has 12 aromatic carbocycles. The van der Waals surface area contributed by atoms with Crippen LogP contribution in [-0.4, -0.2) is 89.4 Å². The fraction of sp³-hybridized carbons (Fsp3) is 0.339. The molecule has 1 aliphatic carbocycles. The van der Waals surface area contributed by atoms with Gasteiger partial charge in [0.05, 0.1) is 51.7 Å². The number of aliphatic hydroxyl groups excluding tert-OH is 1. The third-order valence-corrected chi connectivity index (χ3v) is 25.5. The van der Waals surface area contributed by atoms with Crippen LogP contribution in [0, 0.1) is 132 Å². The largest absolute Gasteiger partial charge is 0.493 e. The average molecular weight is 1980 g/mol. The lowest BCUT2D eigenvalue weighted by molar-refractivity contribution is -0.120. The minimum Gasteiger partial charge on any atom is -0.493 e. The Balaban J connectivity index is 0.000000211. The Hall–Kier alpha value is -14.4. The van der Waals surface area contributed by atoms with E-state index >= 15 is 0 Å². The fourth-order valence-electron chi connectivity index (χ4n) is 15.5. The molecule has 0 aliphatic heterocycles. The summed E-state index contributed by atoms with van der Waals surface area (Å²) in [7, 11) is 9.63. The number of hydrogen-bond donors (Lipinski definition) is 7. The second-order valence-electron chi connectivity index (χ2n) is 35.7. The monoisotopic (exact) mass is 1980 g/mol.